The first kappa shape index (κ1) is 19.2. The van der Waals surface area contributed by atoms with Crippen LogP contribution in [0.1, 0.15) is 0 Å². The van der Waals surface area contributed by atoms with E-state index in [9.17, 15) is 8.42 Å². The number of nitrogens with zero attached hydrogens (tertiary/aromatic N) is 2. The summed E-state index contributed by atoms with van der Waals surface area (Å²) in [5.74, 6) is 0.683. The predicted octanol–water partition coefficient (Wildman–Crippen LogP) is 2.85. The van der Waals surface area contributed by atoms with Gasteiger partial charge < -0.3 is 14.5 Å². The molecule has 0 aliphatic carbocycles. The fourth-order valence-electron chi connectivity index (χ4n) is 2.86. The van der Waals surface area contributed by atoms with Gasteiger partial charge in [0.15, 0.2) is 0 Å². The number of piperazine rings is 1. The van der Waals surface area contributed by atoms with Crippen LogP contribution in [0.3, 0.4) is 0 Å². The van der Waals surface area contributed by atoms with Crippen molar-refractivity contribution in [3.05, 3.63) is 46.0 Å². The van der Waals surface area contributed by atoms with Gasteiger partial charge in [-0.3, -0.25) is 4.72 Å². The van der Waals surface area contributed by atoms with Crippen molar-refractivity contribution in [3.63, 3.8) is 0 Å². The molecule has 0 aromatic heterocycles. The molecule has 140 valence electrons. The van der Waals surface area contributed by atoms with Crippen LogP contribution in [0.25, 0.3) is 0 Å². The fourth-order valence-corrected chi connectivity index (χ4v) is 4.30. The zero-order valence-electron chi connectivity index (χ0n) is 14.8. The Bertz CT molecular complexity index is 864. The number of rotatable bonds is 5. The lowest BCUT2D eigenvalue weighted by atomic mass is 10.2. The molecule has 1 aliphatic rings. The van der Waals surface area contributed by atoms with Crippen molar-refractivity contribution >= 4 is 44.0 Å². The second kappa shape index (κ2) is 8.01. The molecule has 3 rings (SSSR count). The minimum atomic E-state index is -3.67. The zero-order valence-corrected chi connectivity index (χ0v) is 17.7. The first-order chi connectivity index (χ1) is 12.4. The van der Waals surface area contributed by atoms with E-state index in [1.165, 1.54) is 0 Å². The van der Waals surface area contributed by atoms with Crippen molar-refractivity contribution in [2.75, 3.05) is 50.0 Å². The van der Waals surface area contributed by atoms with Gasteiger partial charge in [0.05, 0.1) is 17.7 Å². The van der Waals surface area contributed by atoms with E-state index < -0.39 is 10.0 Å². The summed E-state index contributed by atoms with van der Waals surface area (Å²) in [6.07, 6.45) is 0. The van der Waals surface area contributed by atoms with E-state index in [1.54, 1.807) is 37.4 Å². The lowest BCUT2D eigenvalue weighted by Gasteiger charge is -2.34. The quantitative estimate of drug-likeness (QED) is 0.658. The van der Waals surface area contributed by atoms with E-state index in [0.717, 1.165) is 35.4 Å². The molecule has 0 amide bonds. The van der Waals surface area contributed by atoms with Crippen LogP contribution in [0.4, 0.5) is 11.4 Å². The van der Waals surface area contributed by atoms with Gasteiger partial charge in [-0.1, -0.05) is 0 Å². The zero-order chi connectivity index (χ0) is 18.7. The maximum atomic E-state index is 12.8. The van der Waals surface area contributed by atoms with Gasteiger partial charge in [-0.2, -0.15) is 0 Å². The molecule has 0 bridgehead atoms. The number of hydrogen-bond acceptors (Lipinski definition) is 5. The van der Waals surface area contributed by atoms with Crippen LogP contribution in [0.2, 0.25) is 0 Å². The van der Waals surface area contributed by atoms with Crippen molar-refractivity contribution in [2.24, 2.45) is 0 Å². The minimum absolute atomic E-state index is 0.228. The van der Waals surface area contributed by atoms with E-state index >= 15 is 0 Å². The molecule has 0 radical (unpaired) electrons. The van der Waals surface area contributed by atoms with Gasteiger partial charge in [0.25, 0.3) is 10.0 Å². The standard InChI is InChI=1S/C18H22IN3O3S/c1-21-9-11-22(12-10-21)17-13-16(7-8-18(17)25-2)26(23,24)20-15-5-3-14(19)4-6-15/h3-8,13,20H,9-12H2,1-2H3. The highest BCUT2D eigenvalue weighted by atomic mass is 127. The molecule has 2 aromatic rings. The number of likely N-dealkylation sites (N-methyl/N-ethyl adjacent to an activating group) is 1. The average molecular weight is 487 g/mol. The third-order valence-corrected chi connectivity index (χ3v) is 6.50. The molecule has 1 aliphatic heterocycles. The van der Waals surface area contributed by atoms with Crippen molar-refractivity contribution < 1.29 is 13.2 Å². The Morgan fingerprint density at radius 3 is 2.31 bits per heavy atom. The summed E-state index contributed by atoms with van der Waals surface area (Å²) in [6.45, 7) is 3.53. The Kier molecular flexibility index (Phi) is 5.93. The number of sulfonamides is 1. The van der Waals surface area contributed by atoms with Crippen molar-refractivity contribution in [1.82, 2.24) is 4.90 Å². The molecule has 1 N–H and O–H groups in total. The SMILES string of the molecule is COc1ccc(S(=O)(=O)Nc2ccc(I)cc2)cc1N1CCN(C)CC1. The molecule has 8 heteroatoms. The highest BCUT2D eigenvalue weighted by molar-refractivity contribution is 14.1. The molecule has 0 saturated carbocycles. The molecule has 0 atom stereocenters. The van der Waals surface area contributed by atoms with E-state index in [4.69, 9.17) is 4.74 Å². The monoisotopic (exact) mass is 487 g/mol. The van der Waals surface area contributed by atoms with Gasteiger partial charge in [-0.05, 0) is 72.1 Å². The highest BCUT2D eigenvalue weighted by Crippen LogP contribution is 2.32. The maximum Gasteiger partial charge on any atom is 0.261 e. The fraction of sp³-hybridized carbons (Fsp3) is 0.333. The van der Waals surface area contributed by atoms with Crippen molar-refractivity contribution in [1.29, 1.82) is 0 Å². The van der Waals surface area contributed by atoms with Crippen LogP contribution in [-0.2, 0) is 10.0 Å². The van der Waals surface area contributed by atoms with Crippen LogP contribution < -0.4 is 14.4 Å². The number of halogens is 1. The summed E-state index contributed by atoms with van der Waals surface area (Å²) >= 11 is 2.18. The third-order valence-electron chi connectivity index (χ3n) is 4.40. The number of ether oxygens (including phenoxy) is 1. The lowest BCUT2D eigenvalue weighted by Crippen LogP contribution is -2.44. The Morgan fingerprint density at radius 2 is 1.69 bits per heavy atom. The van der Waals surface area contributed by atoms with Gasteiger partial charge in [0.2, 0.25) is 0 Å². The smallest absolute Gasteiger partial charge is 0.261 e. The van der Waals surface area contributed by atoms with Gasteiger partial charge in [-0.15, -0.1) is 0 Å². The molecule has 26 heavy (non-hydrogen) atoms. The van der Waals surface area contributed by atoms with Crippen LogP contribution in [0.15, 0.2) is 47.4 Å². The molecular formula is C18H22IN3O3S. The topological polar surface area (TPSA) is 61.9 Å². The first-order valence-electron chi connectivity index (χ1n) is 8.29. The predicted molar refractivity (Wildman–Crippen MR) is 113 cm³/mol. The largest absolute Gasteiger partial charge is 0.495 e. The summed E-state index contributed by atoms with van der Waals surface area (Å²) in [5.41, 5.74) is 1.36. The Labute approximate surface area is 168 Å². The van der Waals surface area contributed by atoms with E-state index in [-0.39, 0.29) is 4.90 Å². The number of hydrogen-bond donors (Lipinski definition) is 1. The summed E-state index contributed by atoms with van der Waals surface area (Å²) in [6, 6.07) is 12.2. The van der Waals surface area contributed by atoms with Crippen LogP contribution in [-0.4, -0.2) is 53.7 Å². The number of anilines is 2. The second-order valence-electron chi connectivity index (χ2n) is 6.24. The Morgan fingerprint density at radius 1 is 1.04 bits per heavy atom. The van der Waals surface area contributed by atoms with Gasteiger partial charge in [-0.25, -0.2) is 8.42 Å². The minimum Gasteiger partial charge on any atom is -0.495 e. The van der Waals surface area contributed by atoms with Crippen molar-refractivity contribution in [3.8, 4) is 5.75 Å². The van der Waals surface area contributed by atoms with Gasteiger partial charge in [0, 0.05) is 35.4 Å². The number of nitrogens with one attached hydrogen (secondary N) is 1. The highest BCUT2D eigenvalue weighted by Gasteiger charge is 2.22. The molecule has 1 saturated heterocycles. The Hall–Kier alpha value is -1.52. The molecule has 0 unspecified atom stereocenters. The summed E-state index contributed by atoms with van der Waals surface area (Å²) in [4.78, 5) is 4.65. The molecule has 1 heterocycles. The molecule has 0 spiro atoms. The summed E-state index contributed by atoms with van der Waals surface area (Å²) in [7, 11) is 0.0196. The van der Waals surface area contributed by atoms with Crippen LogP contribution >= 0.6 is 22.6 Å². The lowest BCUT2D eigenvalue weighted by molar-refractivity contribution is 0.311. The van der Waals surface area contributed by atoms with E-state index in [1.807, 2.05) is 12.1 Å². The third kappa shape index (κ3) is 4.41. The van der Waals surface area contributed by atoms with Gasteiger partial charge >= 0.3 is 0 Å². The normalized spacial score (nSPS) is 15.7. The first-order valence-corrected chi connectivity index (χ1v) is 10.8. The van der Waals surface area contributed by atoms with E-state index in [0.29, 0.717) is 11.4 Å². The van der Waals surface area contributed by atoms with Gasteiger partial charge in [0.1, 0.15) is 5.75 Å². The summed E-state index contributed by atoms with van der Waals surface area (Å²) in [5, 5.41) is 0. The molecule has 6 nitrogen and oxygen atoms in total. The van der Waals surface area contributed by atoms with Crippen LogP contribution in [0, 0.1) is 3.57 Å². The van der Waals surface area contributed by atoms with Crippen LogP contribution in [0.5, 0.6) is 5.75 Å². The number of benzene rings is 2. The molecule has 2 aromatic carbocycles. The number of methoxy groups -OCH3 is 1. The van der Waals surface area contributed by atoms with E-state index in [2.05, 4.69) is 44.2 Å². The average Bonchev–Trinajstić information content (AvgIpc) is 2.63. The van der Waals surface area contributed by atoms with Crippen molar-refractivity contribution in [2.45, 2.75) is 4.90 Å². The maximum absolute atomic E-state index is 12.8. The molecular weight excluding hydrogens is 465 g/mol. The molecule has 1 fully saturated rings. The second-order valence-corrected chi connectivity index (χ2v) is 9.16. The summed E-state index contributed by atoms with van der Waals surface area (Å²) < 4.78 is 34.7. The Balaban J connectivity index is 1.89.